The summed E-state index contributed by atoms with van der Waals surface area (Å²) < 4.78 is 23.3. The molecule has 0 aliphatic rings. The molecule has 3 unspecified atom stereocenters. The van der Waals surface area contributed by atoms with Gasteiger partial charge in [-0.15, -0.1) is 0 Å². The Balaban J connectivity index is 2.77. The maximum atomic E-state index is 10.4. The molecule has 1 aromatic rings. The third-order valence-corrected chi connectivity index (χ3v) is 3.61. The van der Waals surface area contributed by atoms with Crippen molar-refractivity contribution in [3.63, 3.8) is 0 Å². The molecule has 1 aromatic heterocycles. The van der Waals surface area contributed by atoms with Crippen molar-refractivity contribution in [3.8, 4) is 0 Å². The molecule has 56 valence electrons. The van der Waals surface area contributed by atoms with E-state index in [1.807, 2.05) is 0 Å². The van der Waals surface area contributed by atoms with E-state index in [9.17, 15) is 4.21 Å². The van der Waals surface area contributed by atoms with Gasteiger partial charge in [-0.05, 0) is 0 Å². The van der Waals surface area contributed by atoms with Crippen LogP contribution < -0.4 is 0 Å². The molecule has 0 spiro atoms. The van der Waals surface area contributed by atoms with Crippen molar-refractivity contribution in [2.45, 2.75) is 4.04 Å². The molecular weight excluding hydrogens is 217 g/mol. The van der Waals surface area contributed by atoms with Crippen LogP contribution >= 0.6 is 0 Å². The number of hydrogen-bond donors (Lipinski definition) is 1. The van der Waals surface area contributed by atoms with Gasteiger partial charge in [-0.2, -0.15) is 0 Å². The topological polar surface area (TPSA) is 63.3 Å². The number of nitrogens with zero attached hydrogens (tertiary/aromatic N) is 1. The van der Waals surface area contributed by atoms with Crippen LogP contribution in [0.3, 0.4) is 0 Å². The van der Waals surface area contributed by atoms with Gasteiger partial charge in [0.05, 0.1) is 0 Å². The van der Waals surface area contributed by atoms with Crippen LogP contribution in [0, 0.1) is 0 Å². The van der Waals surface area contributed by atoms with Crippen LogP contribution in [-0.2, 0) is 11.1 Å². The van der Waals surface area contributed by atoms with Crippen LogP contribution in [0.2, 0.25) is 0 Å². The first kappa shape index (κ1) is 7.98. The van der Waals surface area contributed by atoms with E-state index < -0.39 is 15.1 Å². The van der Waals surface area contributed by atoms with Gasteiger partial charge in [-0.25, -0.2) is 0 Å². The number of oxazole rings is 1. The second-order valence-corrected chi connectivity index (χ2v) is 5.04. The minimum absolute atomic E-state index is 0.320. The third-order valence-electron chi connectivity index (χ3n) is 0.912. The summed E-state index contributed by atoms with van der Waals surface area (Å²) in [5.41, 5.74) is 0. The van der Waals surface area contributed by atoms with Gasteiger partial charge in [0.15, 0.2) is 0 Å². The summed E-state index contributed by atoms with van der Waals surface area (Å²) >= 11 is -0.747. The predicted molar refractivity (Wildman–Crippen MR) is 38.6 cm³/mol. The van der Waals surface area contributed by atoms with E-state index in [0.29, 0.717) is 5.89 Å². The summed E-state index contributed by atoms with van der Waals surface area (Å²) in [5.74, 6) is 0.320. The predicted octanol–water partition coefficient (Wildman–Crippen LogP) is -0.472. The molecule has 1 rings (SSSR count). The Labute approximate surface area is 68.8 Å². The monoisotopic (exact) mass is 223 g/mol. The summed E-state index contributed by atoms with van der Waals surface area (Å²) in [6.07, 6.45) is 2.84. The Bertz CT molecular complexity index is 224. The fourth-order valence-corrected chi connectivity index (χ4v) is 1.10. The molecule has 1 heterocycles. The maximum absolute atomic E-state index is 10.4. The molecule has 6 heteroatoms. The summed E-state index contributed by atoms with van der Waals surface area (Å²) in [7, 11) is 0. The molecule has 0 saturated heterocycles. The van der Waals surface area contributed by atoms with Crippen molar-refractivity contribution < 1.29 is 13.2 Å². The van der Waals surface area contributed by atoms with Gasteiger partial charge < -0.3 is 0 Å². The number of aromatic nitrogens is 1. The van der Waals surface area contributed by atoms with Crippen LogP contribution in [0.5, 0.6) is 0 Å². The zero-order valence-corrected chi connectivity index (χ0v) is 8.17. The van der Waals surface area contributed by atoms with Crippen molar-refractivity contribution in [2.75, 3.05) is 0 Å². The second-order valence-electron chi connectivity index (χ2n) is 1.57. The molecule has 0 aliphatic heterocycles. The van der Waals surface area contributed by atoms with E-state index >= 15 is 0 Å². The van der Waals surface area contributed by atoms with Gasteiger partial charge in [0.2, 0.25) is 0 Å². The molecule has 4 nitrogen and oxygen atoms in total. The van der Waals surface area contributed by atoms with Crippen molar-refractivity contribution in [1.29, 1.82) is 0 Å². The normalized spacial score (nSPS) is 16.6. The van der Waals surface area contributed by atoms with Crippen molar-refractivity contribution in [2.24, 2.45) is 0 Å². The van der Waals surface area contributed by atoms with Crippen LogP contribution in [0.25, 0.3) is 0 Å². The molecule has 0 aliphatic carbocycles. The Morgan fingerprint density at radius 1 is 1.90 bits per heavy atom. The van der Waals surface area contributed by atoms with E-state index in [1.165, 1.54) is 12.5 Å². The first-order valence-electron chi connectivity index (χ1n) is 2.46. The minimum atomic E-state index is -1.87. The molecule has 10 heavy (non-hydrogen) atoms. The molecule has 0 fully saturated rings. The van der Waals surface area contributed by atoms with E-state index in [0.717, 1.165) is 16.9 Å². The second kappa shape index (κ2) is 3.32. The zero-order chi connectivity index (χ0) is 7.56. The molecule has 1 N–H and O–H groups in total. The van der Waals surface area contributed by atoms with Crippen LogP contribution in [0.15, 0.2) is 16.9 Å². The summed E-state index contributed by atoms with van der Waals surface area (Å²) in [4.78, 5) is 3.73. The fraction of sp³-hybridized carbons (Fsp3) is 0.250. The standard InChI is InChI=1S/C4H6AsNO3S/c5-3(10(7)8)4-6-1-2-9-4/h1-3H,5H2,(H,7,8). The van der Waals surface area contributed by atoms with Crippen LogP contribution in [0.1, 0.15) is 9.93 Å². The zero-order valence-electron chi connectivity index (χ0n) is 4.93. The van der Waals surface area contributed by atoms with E-state index in [1.54, 1.807) is 0 Å². The Morgan fingerprint density at radius 3 is 3.00 bits per heavy atom. The van der Waals surface area contributed by atoms with E-state index in [-0.39, 0.29) is 0 Å². The fourth-order valence-electron chi connectivity index (χ4n) is 0.461. The van der Waals surface area contributed by atoms with Crippen molar-refractivity contribution in [1.82, 2.24) is 4.98 Å². The van der Waals surface area contributed by atoms with E-state index in [2.05, 4.69) is 4.98 Å². The van der Waals surface area contributed by atoms with Gasteiger partial charge in [0, 0.05) is 0 Å². The van der Waals surface area contributed by atoms with Crippen LogP contribution in [-0.4, -0.2) is 30.6 Å². The Hall–Kier alpha value is -0.122. The molecule has 0 bridgehead atoms. The molecule has 3 atom stereocenters. The molecule has 0 aromatic carbocycles. The first-order chi connectivity index (χ1) is 4.72. The van der Waals surface area contributed by atoms with Crippen molar-refractivity contribution in [3.05, 3.63) is 18.4 Å². The molecule has 0 amide bonds. The van der Waals surface area contributed by atoms with Gasteiger partial charge in [-0.3, -0.25) is 0 Å². The van der Waals surface area contributed by atoms with Gasteiger partial charge in [0.1, 0.15) is 0 Å². The molecule has 0 radical (unpaired) electrons. The molecule has 0 saturated carbocycles. The summed E-state index contributed by atoms with van der Waals surface area (Å²) in [6, 6.07) is 0. The molecular formula is C4H6AsNO3S. The SMILES string of the molecule is O=S(O)C([AsH2])c1ncco1. The van der Waals surface area contributed by atoms with Gasteiger partial charge in [-0.1, -0.05) is 0 Å². The van der Waals surface area contributed by atoms with E-state index in [4.69, 9.17) is 8.97 Å². The number of rotatable bonds is 2. The van der Waals surface area contributed by atoms with Gasteiger partial charge >= 0.3 is 68.5 Å². The Kier molecular flexibility index (Phi) is 2.65. The average molecular weight is 223 g/mol. The summed E-state index contributed by atoms with van der Waals surface area (Å²) in [6.45, 7) is 0. The third kappa shape index (κ3) is 1.68. The van der Waals surface area contributed by atoms with Crippen LogP contribution in [0.4, 0.5) is 0 Å². The Morgan fingerprint density at radius 2 is 2.60 bits per heavy atom. The van der Waals surface area contributed by atoms with Crippen molar-refractivity contribution >= 4 is 27.9 Å². The van der Waals surface area contributed by atoms with Gasteiger partial charge in [0.25, 0.3) is 0 Å². The number of hydrogen-bond acceptors (Lipinski definition) is 3. The summed E-state index contributed by atoms with van der Waals surface area (Å²) in [5, 5.41) is 0. The first-order valence-corrected chi connectivity index (χ1v) is 5.03. The average Bonchev–Trinajstić information content (AvgIpc) is 2.36. The quantitative estimate of drug-likeness (QED) is 0.543.